The number of carbonyl (C=O) groups is 1. The summed E-state index contributed by atoms with van der Waals surface area (Å²) < 4.78 is 22.6. The standard InChI is InChI=1S/C26H40O6Si/c1-26(2,3)33(5,6)32-22(14-15-23(27)24-16-17-25(28)31-24)9-7-8-18-30-19-20-10-12-21(29-4)13-11-20/h10-13,22-24,27H,7-9,16-19H2,1-6H3/t22-,23-,24-/m1/s1. The van der Waals surface area contributed by atoms with E-state index in [1.54, 1.807) is 7.11 Å². The van der Waals surface area contributed by atoms with Crippen LogP contribution in [0.1, 0.15) is 58.4 Å². The molecule has 1 aliphatic heterocycles. The number of ether oxygens (including phenoxy) is 3. The quantitative estimate of drug-likeness (QED) is 0.213. The fourth-order valence-electron chi connectivity index (χ4n) is 3.18. The van der Waals surface area contributed by atoms with Gasteiger partial charge in [0.2, 0.25) is 0 Å². The van der Waals surface area contributed by atoms with Crippen molar-refractivity contribution < 1.29 is 28.5 Å². The second-order valence-corrected chi connectivity index (χ2v) is 14.8. The highest BCUT2D eigenvalue weighted by Crippen LogP contribution is 2.37. The Hall–Kier alpha value is -1.85. The number of carbonyl (C=O) groups excluding carboxylic acids is 1. The van der Waals surface area contributed by atoms with Gasteiger partial charge < -0.3 is 23.7 Å². The van der Waals surface area contributed by atoms with Crippen molar-refractivity contribution in [1.29, 1.82) is 0 Å². The number of cyclic esters (lactones) is 1. The molecule has 2 rings (SSSR count). The zero-order valence-electron chi connectivity index (χ0n) is 21.0. The Morgan fingerprint density at radius 3 is 2.45 bits per heavy atom. The van der Waals surface area contributed by atoms with Crippen molar-refractivity contribution >= 4 is 14.3 Å². The molecular weight excluding hydrogens is 436 g/mol. The summed E-state index contributed by atoms with van der Waals surface area (Å²) in [5.74, 6) is 6.59. The van der Waals surface area contributed by atoms with E-state index in [4.69, 9.17) is 18.6 Å². The molecule has 0 bridgehead atoms. The molecule has 1 heterocycles. The molecule has 33 heavy (non-hydrogen) atoms. The summed E-state index contributed by atoms with van der Waals surface area (Å²) in [6.07, 6.45) is 1.64. The normalized spacial score (nSPS) is 18.3. The number of benzene rings is 1. The molecule has 184 valence electrons. The van der Waals surface area contributed by atoms with Crippen molar-refractivity contribution in [3.05, 3.63) is 29.8 Å². The molecule has 1 aromatic carbocycles. The van der Waals surface area contributed by atoms with Crippen LogP contribution < -0.4 is 4.74 Å². The Morgan fingerprint density at radius 1 is 1.18 bits per heavy atom. The monoisotopic (exact) mass is 476 g/mol. The van der Waals surface area contributed by atoms with E-state index in [-0.39, 0.29) is 17.1 Å². The van der Waals surface area contributed by atoms with Crippen LogP contribution in [-0.4, -0.2) is 51.4 Å². The predicted octanol–water partition coefficient (Wildman–Crippen LogP) is 4.84. The molecule has 0 unspecified atom stereocenters. The van der Waals surface area contributed by atoms with Gasteiger partial charge in [0.1, 0.15) is 18.0 Å². The van der Waals surface area contributed by atoms with Gasteiger partial charge in [0, 0.05) is 13.0 Å². The molecule has 6 nitrogen and oxygen atoms in total. The van der Waals surface area contributed by atoms with E-state index in [1.807, 2.05) is 24.3 Å². The summed E-state index contributed by atoms with van der Waals surface area (Å²) in [6.45, 7) is 12.2. The minimum Gasteiger partial charge on any atom is -0.497 e. The highest BCUT2D eigenvalue weighted by Gasteiger charge is 2.39. The topological polar surface area (TPSA) is 74.2 Å². The molecule has 1 fully saturated rings. The van der Waals surface area contributed by atoms with E-state index in [0.29, 0.717) is 26.1 Å². The molecule has 0 aromatic heterocycles. The van der Waals surface area contributed by atoms with Gasteiger partial charge >= 0.3 is 5.97 Å². The van der Waals surface area contributed by atoms with Gasteiger partial charge in [-0.1, -0.05) is 44.7 Å². The van der Waals surface area contributed by atoms with Crippen molar-refractivity contribution in [2.24, 2.45) is 0 Å². The molecule has 7 heteroatoms. The first-order chi connectivity index (χ1) is 15.5. The van der Waals surface area contributed by atoms with Crippen LogP contribution >= 0.6 is 0 Å². The van der Waals surface area contributed by atoms with Crippen molar-refractivity contribution in [2.45, 2.75) is 95.9 Å². The molecule has 0 saturated carbocycles. The largest absolute Gasteiger partial charge is 0.497 e. The van der Waals surface area contributed by atoms with Gasteiger partial charge in [0.05, 0.1) is 13.7 Å². The maximum atomic E-state index is 11.3. The van der Waals surface area contributed by atoms with Crippen LogP contribution in [0.25, 0.3) is 0 Å². The molecule has 1 aliphatic rings. The number of aliphatic hydroxyl groups is 1. The zero-order chi connectivity index (χ0) is 24.5. The van der Waals surface area contributed by atoms with Crippen LogP contribution in [0.15, 0.2) is 24.3 Å². The van der Waals surface area contributed by atoms with Gasteiger partial charge in [-0.3, -0.25) is 4.79 Å². The van der Waals surface area contributed by atoms with Crippen LogP contribution in [0.3, 0.4) is 0 Å². The summed E-state index contributed by atoms with van der Waals surface area (Å²) in [6, 6.07) is 7.87. The molecule has 3 atom stereocenters. The number of esters is 1. The minimum atomic E-state index is -2.02. The fourth-order valence-corrected chi connectivity index (χ4v) is 4.42. The Labute approximate surface area is 200 Å². The molecule has 0 amide bonds. The number of methoxy groups -OCH3 is 1. The number of hydrogen-bond donors (Lipinski definition) is 1. The smallest absolute Gasteiger partial charge is 0.306 e. The minimum absolute atomic E-state index is 0.0635. The predicted molar refractivity (Wildman–Crippen MR) is 131 cm³/mol. The van der Waals surface area contributed by atoms with Crippen LogP contribution in [-0.2, 0) is 25.3 Å². The fraction of sp³-hybridized carbons (Fsp3) is 0.654. The van der Waals surface area contributed by atoms with Crippen LogP contribution in [0, 0.1) is 11.8 Å². The van der Waals surface area contributed by atoms with E-state index in [2.05, 4.69) is 45.7 Å². The lowest BCUT2D eigenvalue weighted by Crippen LogP contribution is -2.43. The average molecular weight is 477 g/mol. The molecule has 1 aromatic rings. The molecule has 1 N–H and O–H groups in total. The Bertz CT molecular complexity index is 803. The lowest BCUT2D eigenvalue weighted by molar-refractivity contribution is -0.143. The summed E-state index contributed by atoms with van der Waals surface area (Å²) in [4.78, 5) is 11.3. The third-order valence-electron chi connectivity index (χ3n) is 6.34. The second kappa shape index (κ2) is 12.6. The lowest BCUT2D eigenvalue weighted by Gasteiger charge is -2.38. The molecular formula is C26H40O6Si. The first-order valence-electron chi connectivity index (χ1n) is 11.8. The van der Waals surface area contributed by atoms with Gasteiger partial charge in [-0.05, 0) is 61.5 Å². The Balaban J connectivity index is 1.85. The summed E-state index contributed by atoms with van der Waals surface area (Å²) >= 11 is 0. The van der Waals surface area contributed by atoms with Gasteiger partial charge in [-0.2, -0.15) is 0 Å². The summed E-state index contributed by atoms with van der Waals surface area (Å²) in [5.41, 5.74) is 1.11. The van der Waals surface area contributed by atoms with E-state index in [0.717, 1.165) is 30.6 Å². The molecule has 0 radical (unpaired) electrons. The van der Waals surface area contributed by atoms with Crippen molar-refractivity contribution in [1.82, 2.24) is 0 Å². The van der Waals surface area contributed by atoms with E-state index in [1.165, 1.54) is 0 Å². The Kier molecular flexibility index (Phi) is 10.4. The first kappa shape index (κ1) is 27.4. The van der Waals surface area contributed by atoms with Crippen LogP contribution in [0.2, 0.25) is 18.1 Å². The third kappa shape index (κ3) is 9.13. The molecule has 0 spiro atoms. The first-order valence-corrected chi connectivity index (χ1v) is 14.7. The van der Waals surface area contributed by atoms with Crippen molar-refractivity contribution in [2.75, 3.05) is 13.7 Å². The Morgan fingerprint density at radius 2 is 1.88 bits per heavy atom. The van der Waals surface area contributed by atoms with Gasteiger partial charge in [-0.25, -0.2) is 0 Å². The third-order valence-corrected chi connectivity index (χ3v) is 10.8. The molecule has 1 saturated heterocycles. The lowest BCUT2D eigenvalue weighted by atomic mass is 10.1. The maximum Gasteiger partial charge on any atom is 0.306 e. The number of unbranched alkanes of at least 4 members (excludes halogenated alkanes) is 1. The van der Waals surface area contributed by atoms with Crippen LogP contribution in [0.4, 0.5) is 0 Å². The zero-order valence-corrected chi connectivity index (χ0v) is 22.0. The van der Waals surface area contributed by atoms with Gasteiger partial charge in [0.25, 0.3) is 0 Å². The number of hydrogen-bond acceptors (Lipinski definition) is 6. The summed E-state index contributed by atoms with van der Waals surface area (Å²) in [7, 11) is -0.366. The average Bonchev–Trinajstić information content (AvgIpc) is 3.19. The number of aliphatic hydroxyl groups excluding tert-OH is 1. The highest BCUT2D eigenvalue weighted by molar-refractivity contribution is 6.74. The van der Waals surface area contributed by atoms with Crippen molar-refractivity contribution in [3.8, 4) is 17.6 Å². The van der Waals surface area contributed by atoms with Crippen LogP contribution in [0.5, 0.6) is 5.75 Å². The SMILES string of the molecule is COc1ccc(COCCCC[C@H](C#C[C@@H](O)[C@H]2CCC(=O)O2)O[Si](C)(C)C(C)(C)C)cc1. The summed E-state index contributed by atoms with van der Waals surface area (Å²) in [5, 5.41) is 10.4. The molecule has 0 aliphatic carbocycles. The van der Waals surface area contributed by atoms with Crippen molar-refractivity contribution in [3.63, 3.8) is 0 Å². The maximum absolute atomic E-state index is 11.3. The van der Waals surface area contributed by atoms with Gasteiger partial charge in [-0.15, -0.1) is 0 Å². The van der Waals surface area contributed by atoms with Gasteiger partial charge in [0.15, 0.2) is 14.4 Å². The van der Waals surface area contributed by atoms with E-state index < -0.39 is 20.5 Å². The van der Waals surface area contributed by atoms with E-state index >= 15 is 0 Å². The number of rotatable bonds is 11. The highest BCUT2D eigenvalue weighted by atomic mass is 28.4. The second-order valence-electron chi connectivity index (χ2n) is 10.1. The van der Waals surface area contributed by atoms with E-state index in [9.17, 15) is 9.90 Å².